The van der Waals surface area contributed by atoms with E-state index in [-0.39, 0.29) is 17.9 Å². The van der Waals surface area contributed by atoms with Gasteiger partial charge < -0.3 is 19.6 Å². The first-order chi connectivity index (χ1) is 15.0. The second-order valence-electron chi connectivity index (χ2n) is 8.16. The Balaban J connectivity index is 1.60. The summed E-state index contributed by atoms with van der Waals surface area (Å²) in [5, 5.41) is 13.5. The number of hydrogen-bond donors (Lipinski definition) is 2. The normalized spacial score (nSPS) is 20.9. The minimum atomic E-state index is -0.866. The van der Waals surface area contributed by atoms with Gasteiger partial charge in [-0.3, -0.25) is 4.79 Å². The Kier molecular flexibility index (Phi) is 4.77. The highest BCUT2D eigenvalue weighted by Gasteiger charge is 2.36. The van der Waals surface area contributed by atoms with Crippen molar-refractivity contribution in [2.75, 3.05) is 24.6 Å². The number of ether oxygens (including phenoxy) is 1. The van der Waals surface area contributed by atoms with Gasteiger partial charge in [0.2, 0.25) is 0 Å². The van der Waals surface area contributed by atoms with Crippen LogP contribution in [0.2, 0.25) is 0 Å². The maximum atomic E-state index is 12.3. The Morgan fingerprint density at radius 3 is 2.65 bits per heavy atom. The first kappa shape index (κ1) is 19.4. The molecule has 0 aromatic heterocycles. The van der Waals surface area contributed by atoms with Gasteiger partial charge in [-0.1, -0.05) is 30.3 Å². The van der Waals surface area contributed by atoms with Gasteiger partial charge in [0.25, 0.3) is 5.91 Å². The smallest absolute Gasteiger partial charge is 0.407 e. The molecule has 160 valence electrons. The van der Waals surface area contributed by atoms with E-state index in [9.17, 15) is 14.7 Å². The van der Waals surface area contributed by atoms with Crippen LogP contribution in [0.1, 0.15) is 31.2 Å². The summed E-state index contributed by atoms with van der Waals surface area (Å²) in [6.07, 6.45) is 0.639. The largest absolute Gasteiger partial charge is 0.483 e. The van der Waals surface area contributed by atoms with Crippen molar-refractivity contribution in [3.05, 3.63) is 48.0 Å². The molecule has 5 rings (SSSR count). The second-order valence-corrected chi connectivity index (χ2v) is 8.16. The first-order valence-corrected chi connectivity index (χ1v) is 10.5. The lowest BCUT2D eigenvalue weighted by molar-refractivity contribution is -0.122. The van der Waals surface area contributed by atoms with Crippen LogP contribution in [0.4, 0.5) is 10.5 Å². The van der Waals surface area contributed by atoms with Gasteiger partial charge in [-0.05, 0) is 54.5 Å². The van der Waals surface area contributed by atoms with Crippen molar-refractivity contribution in [3.63, 3.8) is 0 Å². The molecule has 2 aromatic rings. The predicted octanol–water partition coefficient (Wildman–Crippen LogP) is 3.24. The molecule has 1 unspecified atom stereocenters. The third-order valence-electron chi connectivity index (χ3n) is 6.38. The fourth-order valence-electron chi connectivity index (χ4n) is 4.68. The number of amidine groups is 1. The molecule has 0 spiro atoms. The highest BCUT2D eigenvalue weighted by Crippen LogP contribution is 2.44. The maximum Gasteiger partial charge on any atom is 0.407 e. The summed E-state index contributed by atoms with van der Waals surface area (Å²) in [6, 6.07) is 13.9. The lowest BCUT2D eigenvalue weighted by Crippen LogP contribution is -2.55. The number of anilines is 1. The summed E-state index contributed by atoms with van der Waals surface area (Å²) in [7, 11) is 0. The lowest BCUT2D eigenvalue weighted by atomic mass is 9.83. The van der Waals surface area contributed by atoms with Gasteiger partial charge in [0.15, 0.2) is 5.84 Å². The first-order valence-electron chi connectivity index (χ1n) is 10.5. The molecule has 0 aliphatic carbocycles. The van der Waals surface area contributed by atoms with Crippen molar-refractivity contribution in [2.45, 2.75) is 31.7 Å². The summed E-state index contributed by atoms with van der Waals surface area (Å²) in [5.41, 5.74) is 6.72. The van der Waals surface area contributed by atoms with Crippen LogP contribution >= 0.6 is 0 Å². The molecule has 3 heterocycles. The number of benzene rings is 2. The van der Waals surface area contributed by atoms with E-state index >= 15 is 0 Å². The number of carbonyl (C=O) groups is 2. The fraction of sp³-hybridized carbons (Fsp3) is 0.348. The number of nitrogens with zero attached hydrogens (tertiary/aromatic N) is 3. The summed E-state index contributed by atoms with van der Waals surface area (Å²) >= 11 is 0. The molecule has 31 heavy (non-hydrogen) atoms. The van der Waals surface area contributed by atoms with Crippen molar-refractivity contribution < 1.29 is 19.4 Å². The Morgan fingerprint density at radius 2 is 1.94 bits per heavy atom. The van der Waals surface area contributed by atoms with E-state index in [0.29, 0.717) is 25.5 Å². The molecule has 1 saturated heterocycles. The van der Waals surface area contributed by atoms with E-state index in [4.69, 9.17) is 4.74 Å². The van der Waals surface area contributed by atoms with Crippen LogP contribution in [0.25, 0.3) is 11.1 Å². The van der Waals surface area contributed by atoms with Crippen LogP contribution in [0.3, 0.4) is 0 Å². The van der Waals surface area contributed by atoms with E-state index in [1.54, 1.807) is 0 Å². The average Bonchev–Trinajstić information content (AvgIpc) is 2.81. The van der Waals surface area contributed by atoms with Gasteiger partial charge in [-0.25, -0.2) is 10.2 Å². The Bertz CT molecular complexity index is 1060. The minimum Gasteiger partial charge on any atom is -0.483 e. The van der Waals surface area contributed by atoms with Gasteiger partial charge in [-0.15, -0.1) is 0 Å². The molecule has 2 N–H and O–H groups in total. The van der Waals surface area contributed by atoms with Crippen molar-refractivity contribution in [3.8, 4) is 16.9 Å². The molecule has 2 amide bonds. The molecule has 0 radical (unpaired) electrons. The topological polar surface area (TPSA) is 94.5 Å². The zero-order valence-corrected chi connectivity index (χ0v) is 17.2. The third kappa shape index (κ3) is 3.37. The number of likely N-dealkylation sites (tertiary alicyclic amines) is 1. The summed E-state index contributed by atoms with van der Waals surface area (Å²) < 4.78 is 6.02. The highest BCUT2D eigenvalue weighted by molar-refractivity contribution is 6.09. The quantitative estimate of drug-likeness (QED) is 0.778. The lowest BCUT2D eigenvalue weighted by Gasteiger charge is -2.39. The zero-order chi connectivity index (χ0) is 21.5. The molecule has 1 atom stereocenters. The van der Waals surface area contributed by atoms with Crippen molar-refractivity contribution in [1.29, 1.82) is 0 Å². The van der Waals surface area contributed by atoms with Crippen molar-refractivity contribution >= 4 is 23.5 Å². The Labute approximate surface area is 180 Å². The van der Waals surface area contributed by atoms with Gasteiger partial charge >= 0.3 is 6.09 Å². The number of piperidine rings is 1. The number of rotatable bonds is 2. The molecule has 3 aliphatic heterocycles. The summed E-state index contributed by atoms with van der Waals surface area (Å²) in [6.45, 7) is 3.17. The van der Waals surface area contributed by atoms with Crippen LogP contribution in [0.15, 0.2) is 47.6 Å². The molecule has 1 fully saturated rings. The van der Waals surface area contributed by atoms with E-state index in [0.717, 1.165) is 41.0 Å². The Morgan fingerprint density at radius 1 is 1.19 bits per heavy atom. The molecule has 3 aliphatic rings. The summed E-state index contributed by atoms with van der Waals surface area (Å²) in [4.78, 5) is 27.0. The number of hydrogen-bond acceptors (Lipinski definition) is 5. The number of carboxylic acid groups (broad SMARTS) is 1. The number of amides is 2. The van der Waals surface area contributed by atoms with Gasteiger partial charge in [0.1, 0.15) is 18.4 Å². The van der Waals surface area contributed by atoms with Gasteiger partial charge in [0, 0.05) is 13.1 Å². The van der Waals surface area contributed by atoms with Crippen molar-refractivity contribution in [1.82, 2.24) is 10.3 Å². The molecular weight excluding hydrogens is 396 g/mol. The third-order valence-corrected chi connectivity index (χ3v) is 6.38. The van der Waals surface area contributed by atoms with E-state index in [1.807, 2.05) is 30.0 Å². The number of nitrogens with one attached hydrogen (secondary N) is 1. The van der Waals surface area contributed by atoms with E-state index in [2.05, 4.69) is 34.8 Å². The number of hydrazone groups is 1. The standard InChI is InChI=1S/C23H24N4O4/c1-14-22(28)25-24-21-13-31-20-12-18(15-5-3-2-4-6-15)17(11-19(20)27(14)21)16-7-9-26(10-8-16)23(29)30/h2-6,11-12,14,16H,7-10,13H2,1H3,(H,25,28)(H,29,30). The van der Waals surface area contributed by atoms with Gasteiger partial charge in [0.05, 0.1) is 5.69 Å². The van der Waals surface area contributed by atoms with Crippen LogP contribution in [0, 0.1) is 0 Å². The van der Waals surface area contributed by atoms with Crippen LogP contribution < -0.4 is 15.1 Å². The monoisotopic (exact) mass is 420 g/mol. The van der Waals surface area contributed by atoms with Crippen LogP contribution in [-0.2, 0) is 4.79 Å². The van der Waals surface area contributed by atoms with Crippen LogP contribution in [-0.4, -0.2) is 53.6 Å². The zero-order valence-electron chi connectivity index (χ0n) is 17.2. The Hall–Kier alpha value is -3.55. The molecule has 2 aromatic carbocycles. The molecule has 0 bridgehead atoms. The molecule has 8 heteroatoms. The summed E-state index contributed by atoms with van der Waals surface area (Å²) in [5.74, 6) is 1.47. The number of carbonyl (C=O) groups excluding carboxylic acids is 1. The number of fused-ring (bicyclic) bond motifs is 3. The molecule has 0 saturated carbocycles. The van der Waals surface area contributed by atoms with E-state index in [1.165, 1.54) is 4.90 Å². The molecular formula is C23H24N4O4. The molecule has 8 nitrogen and oxygen atoms in total. The predicted molar refractivity (Wildman–Crippen MR) is 116 cm³/mol. The van der Waals surface area contributed by atoms with Crippen molar-refractivity contribution in [2.24, 2.45) is 5.10 Å². The highest BCUT2D eigenvalue weighted by atomic mass is 16.5. The fourth-order valence-corrected chi connectivity index (χ4v) is 4.68. The van der Waals surface area contributed by atoms with E-state index < -0.39 is 6.09 Å². The van der Waals surface area contributed by atoms with Crippen LogP contribution in [0.5, 0.6) is 5.75 Å². The average molecular weight is 420 g/mol. The minimum absolute atomic E-state index is 0.153. The SMILES string of the molecule is CC1C(=O)NN=C2COc3cc(-c4ccccc4)c(C4CCN(C(=O)O)CC4)cc3N21. The van der Waals surface area contributed by atoms with Gasteiger partial charge in [-0.2, -0.15) is 5.10 Å². The second kappa shape index (κ2) is 7.61. The maximum absolute atomic E-state index is 12.3.